The van der Waals surface area contributed by atoms with Crippen LogP contribution in [0.5, 0.6) is 5.75 Å². The van der Waals surface area contributed by atoms with Crippen molar-refractivity contribution in [1.82, 2.24) is 15.2 Å². The van der Waals surface area contributed by atoms with Gasteiger partial charge in [0.05, 0.1) is 24.7 Å². The Bertz CT molecular complexity index is 1730. The van der Waals surface area contributed by atoms with Gasteiger partial charge in [0, 0.05) is 65.7 Å². The van der Waals surface area contributed by atoms with Crippen LogP contribution in [0, 0.1) is 5.41 Å². The molecule has 45 heavy (non-hydrogen) atoms. The van der Waals surface area contributed by atoms with Gasteiger partial charge in [-0.15, -0.1) is 0 Å². The van der Waals surface area contributed by atoms with Gasteiger partial charge in [0.2, 0.25) is 0 Å². The fourth-order valence-corrected chi connectivity index (χ4v) is 9.87. The smallest absolute Gasteiger partial charge is 0.328 e. The molecule has 4 heterocycles. The van der Waals surface area contributed by atoms with Gasteiger partial charge in [0.25, 0.3) is 5.91 Å². The van der Waals surface area contributed by atoms with Gasteiger partial charge in [0.15, 0.2) is 5.60 Å². The van der Waals surface area contributed by atoms with E-state index in [4.69, 9.17) is 9.47 Å². The minimum Gasteiger partial charge on any atom is -0.495 e. The summed E-state index contributed by atoms with van der Waals surface area (Å²) in [4.78, 5) is 35.5. The number of benzene rings is 2. The van der Waals surface area contributed by atoms with Crippen molar-refractivity contribution in [1.29, 1.82) is 0 Å². The van der Waals surface area contributed by atoms with Crippen molar-refractivity contribution in [2.75, 3.05) is 39.3 Å². The topological polar surface area (TPSA) is 127 Å². The monoisotopic (exact) mass is 678 g/mol. The Balaban J connectivity index is 1.36. The van der Waals surface area contributed by atoms with E-state index in [9.17, 15) is 19.8 Å². The molecule has 10 nitrogen and oxygen atoms in total. The number of halogens is 1. The van der Waals surface area contributed by atoms with E-state index in [1.165, 1.54) is 7.11 Å². The minimum atomic E-state index is -2.30. The molecule has 7 atom stereocenters. The quantitative estimate of drug-likeness (QED) is 0.222. The Kier molecular flexibility index (Phi) is 7.12. The average Bonchev–Trinajstić information content (AvgIpc) is 3.72. The molecular weight excluding hydrogens is 640 g/mol. The number of methoxy groups -OCH3 is 2. The predicted molar refractivity (Wildman–Crippen MR) is 173 cm³/mol. The lowest BCUT2D eigenvalue weighted by molar-refractivity contribution is -0.204. The Labute approximate surface area is 270 Å². The lowest BCUT2D eigenvalue weighted by Gasteiger charge is -2.63. The Morgan fingerprint density at radius 3 is 2.73 bits per heavy atom. The zero-order valence-corrected chi connectivity index (χ0v) is 27.4. The number of carbonyl (C=O) groups excluding carboxylic acids is 2. The molecule has 7 rings (SSSR count). The number of hydrogen-bond donors (Lipinski definition) is 4. The molecule has 0 radical (unpaired) electrons. The molecular formula is C34H39BrN4O6. The van der Waals surface area contributed by atoms with Crippen molar-refractivity contribution in [3.05, 3.63) is 70.3 Å². The fourth-order valence-electron chi connectivity index (χ4n) is 9.37. The zero-order valence-electron chi connectivity index (χ0n) is 25.8. The molecule has 4 aliphatic rings. The summed E-state index contributed by atoms with van der Waals surface area (Å²) in [6, 6.07) is 9.60. The van der Waals surface area contributed by atoms with Gasteiger partial charge in [-0.2, -0.15) is 0 Å². The van der Waals surface area contributed by atoms with Crippen LogP contribution in [-0.4, -0.2) is 96.2 Å². The molecule has 1 aromatic heterocycles. The zero-order chi connectivity index (χ0) is 31.9. The number of aromatic nitrogens is 1. The summed E-state index contributed by atoms with van der Waals surface area (Å²) in [5.74, 6) is -0.806. The Hall–Kier alpha value is -3.38. The van der Waals surface area contributed by atoms with Gasteiger partial charge in [0.1, 0.15) is 17.9 Å². The molecule has 1 amide bonds. The molecule has 1 saturated carbocycles. The number of hydrogen-bond acceptors (Lipinski definition) is 8. The highest BCUT2D eigenvalue weighted by molar-refractivity contribution is 9.10. The van der Waals surface area contributed by atoms with Crippen molar-refractivity contribution >= 4 is 44.4 Å². The number of anilines is 1. The number of carbonyl (C=O) groups is 2. The van der Waals surface area contributed by atoms with Crippen LogP contribution >= 0.6 is 15.9 Å². The first kappa shape index (κ1) is 30.3. The van der Waals surface area contributed by atoms with Crippen LogP contribution in [-0.2, 0) is 26.2 Å². The molecule has 3 aromatic rings. The molecule has 1 spiro atoms. The van der Waals surface area contributed by atoms with Crippen molar-refractivity contribution < 1.29 is 29.3 Å². The number of nitrogens with zero attached hydrogens (tertiary/aromatic N) is 2. The summed E-state index contributed by atoms with van der Waals surface area (Å²) in [5.41, 5.74) is -0.363. The maximum Gasteiger partial charge on any atom is 0.328 e. The van der Waals surface area contributed by atoms with Crippen LogP contribution in [0.3, 0.4) is 0 Å². The number of aliphatic hydroxyl groups excluding tert-OH is 1. The van der Waals surface area contributed by atoms with Crippen LogP contribution in [0.4, 0.5) is 5.69 Å². The number of fused-ring (bicyclic) bond motifs is 2. The highest BCUT2D eigenvalue weighted by atomic mass is 79.9. The molecule has 3 aliphatic heterocycles. The standard InChI is InChI=1S/C34H39BrN4O6/c1-5-32-11-8-13-39-14-12-33(28(32)39)21-16-22(35)26(44-3)17-25(21)38(2)29(33)34(43,30(32)41)31(42)37-24(27(40)45-4)15-19-18-36-23-10-7-6-9-20(19)23/h6-11,16-18,24,28-30,36,41,43H,5,12-15H2,1-4H3,(H,37,42)/t24-,28-,29+,30-,32+,33+,34+/m1/s1. The van der Waals surface area contributed by atoms with Gasteiger partial charge >= 0.3 is 5.97 Å². The van der Waals surface area contributed by atoms with Gasteiger partial charge in [-0.25, -0.2) is 4.79 Å². The van der Waals surface area contributed by atoms with Crippen molar-refractivity contribution in [3.8, 4) is 5.75 Å². The lowest BCUT2D eigenvalue weighted by atomic mass is 9.47. The number of H-pyrrole nitrogens is 1. The van der Waals surface area contributed by atoms with Crippen molar-refractivity contribution in [2.45, 2.75) is 61.4 Å². The minimum absolute atomic E-state index is 0.139. The van der Waals surface area contributed by atoms with E-state index in [1.807, 2.05) is 67.6 Å². The number of para-hydroxylation sites is 1. The number of nitrogens with one attached hydrogen (secondary N) is 2. The van der Waals surface area contributed by atoms with Crippen LogP contribution < -0.4 is 15.0 Å². The first-order valence-corrected chi connectivity index (χ1v) is 16.2. The predicted octanol–water partition coefficient (Wildman–Crippen LogP) is 3.04. The van der Waals surface area contributed by atoms with Crippen molar-refractivity contribution in [2.24, 2.45) is 5.41 Å². The summed E-state index contributed by atoms with van der Waals surface area (Å²) >= 11 is 3.69. The summed E-state index contributed by atoms with van der Waals surface area (Å²) in [5, 5.41) is 29.2. The summed E-state index contributed by atoms with van der Waals surface area (Å²) < 4.78 is 11.6. The number of aromatic amines is 1. The molecule has 11 heteroatoms. The van der Waals surface area contributed by atoms with Crippen molar-refractivity contribution in [3.63, 3.8) is 0 Å². The number of esters is 1. The van der Waals surface area contributed by atoms with E-state index in [2.05, 4.69) is 37.2 Å². The molecule has 1 saturated heterocycles. The highest BCUT2D eigenvalue weighted by Crippen LogP contribution is 2.67. The lowest BCUT2D eigenvalue weighted by Crippen LogP contribution is -2.82. The number of ether oxygens (including phenoxy) is 2. The molecule has 0 bridgehead atoms. The van der Waals surface area contributed by atoms with Crippen LogP contribution in [0.15, 0.2) is 59.2 Å². The highest BCUT2D eigenvalue weighted by Gasteiger charge is 2.78. The maximum atomic E-state index is 14.8. The second-order valence-corrected chi connectivity index (χ2v) is 13.8. The van der Waals surface area contributed by atoms with E-state index in [-0.39, 0.29) is 12.5 Å². The molecule has 238 valence electrons. The molecule has 2 fully saturated rings. The van der Waals surface area contributed by atoms with Crippen LogP contribution in [0.1, 0.15) is 30.9 Å². The average molecular weight is 680 g/mol. The summed E-state index contributed by atoms with van der Waals surface area (Å²) in [7, 11) is 4.74. The third kappa shape index (κ3) is 3.90. The van der Waals surface area contributed by atoms with Gasteiger partial charge < -0.3 is 34.9 Å². The van der Waals surface area contributed by atoms with Crippen LogP contribution in [0.25, 0.3) is 10.9 Å². The molecule has 4 N–H and O–H groups in total. The summed E-state index contributed by atoms with van der Waals surface area (Å²) in [6.45, 7) is 3.48. The molecule has 2 aromatic carbocycles. The second-order valence-electron chi connectivity index (χ2n) is 12.9. The largest absolute Gasteiger partial charge is 0.495 e. The number of rotatable bonds is 7. The van der Waals surface area contributed by atoms with E-state index in [0.29, 0.717) is 18.6 Å². The normalized spacial score (nSPS) is 32.2. The number of likely N-dealkylation sites (N-methyl/N-ethyl adjacent to an activating group) is 1. The first-order chi connectivity index (χ1) is 21.6. The SMILES string of the molecule is CC[C@@]12C=CCN3CC[C@]4(c5cc(Br)c(OC)cc5N(C)[C@@H]4[C@@](O)(C(=O)N[C@H](Cc4c[nH]c5ccccc45)C(=O)OC)[C@@H]1O)[C@H]32. The third-order valence-corrected chi connectivity index (χ3v) is 11.8. The van der Waals surface area contributed by atoms with Crippen LogP contribution in [0.2, 0.25) is 0 Å². The van der Waals surface area contributed by atoms with E-state index in [0.717, 1.165) is 45.3 Å². The van der Waals surface area contributed by atoms with Gasteiger partial charge in [-0.1, -0.05) is 37.3 Å². The van der Waals surface area contributed by atoms with E-state index >= 15 is 0 Å². The maximum absolute atomic E-state index is 14.8. The first-order valence-electron chi connectivity index (χ1n) is 15.4. The van der Waals surface area contributed by atoms with Gasteiger partial charge in [-0.05, 0) is 58.6 Å². The Morgan fingerprint density at radius 2 is 2.00 bits per heavy atom. The summed E-state index contributed by atoms with van der Waals surface area (Å²) in [6.07, 6.45) is 5.72. The molecule has 0 unspecified atom stereocenters. The van der Waals surface area contributed by atoms with E-state index in [1.54, 1.807) is 7.11 Å². The fraction of sp³-hybridized carbons (Fsp3) is 0.471. The molecule has 1 aliphatic carbocycles. The third-order valence-electron chi connectivity index (χ3n) is 11.2. The second kappa shape index (κ2) is 10.6. The van der Waals surface area contributed by atoms with Gasteiger partial charge in [-0.3, -0.25) is 9.69 Å². The number of aliphatic hydroxyl groups is 2. The number of amides is 1. The van der Waals surface area contributed by atoms with E-state index < -0.39 is 46.5 Å². The Morgan fingerprint density at radius 1 is 1.22 bits per heavy atom.